The highest BCUT2D eigenvalue weighted by molar-refractivity contribution is 6.30. The van der Waals surface area contributed by atoms with Gasteiger partial charge in [-0.05, 0) is 67.4 Å². The van der Waals surface area contributed by atoms with Gasteiger partial charge >= 0.3 is 0 Å². The predicted octanol–water partition coefficient (Wildman–Crippen LogP) is 6.46. The Balaban J connectivity index is 1.39. The molecule has 2 heterocycles. The second-order valence-corrected chi connectivity index (χ2v) is 9.60. The molecule has 5 nitrogen and oxygen atoms in total. The fraction of sp³-hybridized carbons (Fsp3) is 0.267. The molecule has 1 aliphatic rings. The zero-order valence-corrected chi connectivity index (χ0v) is 21.2. The van der Waals surface area contributed by atoms with Gasteiger partial charge in [-0.15, -0.1) is 0 Å². The number of ether oxygens (including phenoxy) is 1. The number of halogens is 1. The van der Waals surface area contributed by atoms with Crippen molar-refractivity contribution in [2.75, 3.05) is 32.8 Å². The van der Waals surface area contributed by atoms with Crippen molar-refractivity contribution in [1.29, 1.82) is 0 Å². The number of carbonyl (C=O) groups excluding carboxylic acids is 1. The molecule has 6 heteroatoms. The van der Waals surface area contributed by atoms with Crippen LogP contribution in [0.25, 0.3) is 28.1 Å². The van der Waals surface area contributed by atoms with E-state index in [4.69, 9.17) is 21.4 Å². The average molecular weight is 500 g/mol. The van der Waals surface area contributed by atoms with Crippen LogP contribution >= 0.6 is 11.6 Å². The quantitative estimate of drug-likeness (QED) is 0.261. The highest BCUT2D eigenvalue weighted by Gasteiger charge is 2.18. The Labute approximate surface area is 217 Å². The molecule has 1 aliphatic heterocycles. The van der Waals surface area contributed by atoms with Gasteiger partial charge in [0.1, 0.15) is 0 Å². The first kappa shape index (κ1) is 24.4. The molecule has 184 valence electrons. The number of Topliss-reactive ketones (excluding diaryl/α,β-unsaturated/α-hetero) is 1. The van der Waals surface area contributed by atoms with Gasteiger partial charge in [-0.25, -0.2) is 4.68 Å². The van der Waals surface area contributed by atoms with Gasteiger partial charge in [0.05, 0.1) is 30.8 Å². The summed E-state index contributed by atoms with van der Waals surface area (Å²) in [4.78, 5) is 15.2. The topological polar surface area (TPSA) is 47.4 Å². The summed E-state index contributed by atoms with van der Waals surface area (Å²) in [7, 11) is 0. The number of aromatic nitrogens is 2. The van der Waals surface area contributed by atoms with Gasteiger partial charge < -0.3 is 4.74 Å². The number of benzene rings is 3. The minimum Gasteiger partial charge on any atom is -0.379 e. The van der Waals surface area contributed by atoms with Crippen LogP contribution in [0.3, 0.4) is 0 Å². The fourth-order valence-corrected chi connectivity index (χ4v) is 4.83. The average Bonchev–Trinajstić information content (AvgIpc) is 3.35. The van der Waals surface area contributed by atoms with Crippen LogP contribution in [0.4, 0.5) is 0 Å². The lowest BCUT2D eigenvalue weighted by Gasteiger charge is -2.26. The predicted molar refractivity (Wildman–Crippen MR) is 145 cm³/mol. The van der Waals surface area contributed by atoms with Crippen molar-refractivity contribution >= 4 is 17.4 Å². The van der Waals surface area contributed by atoms with E-state index in [-0.39, 0.29) is 5.78 Å². The third-order valence-electron chi connectivity index (χ3n) is 6.74. The smallest absolute Gasteiger partial charge is 0.162 e. The van der Waals surface area contributed by atoms with Crippen LogP contribution in [0.1, 0.15) is 28.8 Å². The molecule has 0 amide bonds. The molecule has 3 aromatic carbocycles. The number of hydrogen-bond donors (Lipinski definition) is 0. The molecule has 0 radical (unpaired) electrons. The van der Waals surface area contributed by atoms with Crippen LogP contribution in [-0.4, -0.2) is 53.3 Å². The van der Waals surface area contributed by atoms with Gasteiger partial charge in [0, 0.05) is 41.2 Å². The summed E-state index contributed by atoms with van der Waals surface area (Å²) in [5, 5.41) is 5.46. The third kappa shape index (κ3) is 5.44. The Bertz CT molecular complexity index is 1320. The van der Waals surface area contributed by atoms with Gasteiger partial charge in [0.25, 0.3) is 0 Å². The summed E-state index contributed by atoms with van der Waals surface area (Å²) >= 11 is 6.14. The summed E-state index contributed by atoms with van der Waals surface area (Å²) in [5.74, 6) is 0.177. The molecule has 36 heavy (non-hydrogen) atoms. The van der Waals surface area contributed by atoms with Crippen LogP contribution in [0, 0.1) is 6.92 Å². The monoisotopic (exact) mass is 499 g/mol. The normalized spacial score (nSPS) is 14.2. The number of rotatable bonds is 8. The zero-order chi connectivity index (χ0) is 24.9. The third-order valence-corrected chi connectivity index (χ3v) is 6.99. The molecular weight excluding hydrogens is 470 g/mol. The maximum Gasteiger partial charge on any atom is 0.162 e. The molecule has 5 rings (SSSR count). The standard InChI is InChI=1S/C30H30ClN3O2/c1-22-5-2-3-6-27(22)30-28(23-8-12-25(31)13-9-23)21-32-34(30)26-14-10-24(11-15-26)29(35)7-4-16-33-17-19-36-20-18-33/h2-3,5-6,8-15,21H,4,7,16-20H2,1H3. The van der Waals surface area contributed by atoms with Crippen LogP contribution < -0.4 is 0 Å². The summed E-state index contributed by atoms with van der Waals surface area (Å²) < 4.78 is 7.35. The number of morpholine rings is 1. The summed E-state index contributed by atoms with van der Waals surface area (Å²) in [5.41, 5.74) is 7.03. The number of hydrogen-bond acceptors (Lipinski definition) is 4. The molecule has 4 aromatic rings. The van der Waals surface area contributed by atoms with Gasteiger partial charge in [-0.2, -0.15) is 5.10 Å². The first-order chi connectivity index (χ1) is 17.6. The lowest BCUT2D eigenvalue weighted by Crippen LogP contribution is -2.36. The highest BCUT2D eigenvalue weighted by atomic mass is 35.5. The summed E-state index contributed by atoms with van der Waals surface area (Å²) in [6, 6.07) is 23.9. The van der Waals surface area contributed by atoms with Crippen LogP contribution in [0.5, 0.6) is 0 Å². The fourth-order valence-electron chi connectivity index (χ4n) is 4.70. The second kappa shape index (κ2) is 11.2. The lowest BCUT2D eigenvalue weighted by molar-refractivity contribution is 0.0371. The van der Waals surface area contributed by atoms with E-state index in [9.17, 15) is 4.79 Å². The molecule has 1 fully saturated rings. The molecule has 0 atom stereocenters. The van der Waals surface area contributed by atoms with Crippen molar-refractivity contribution in [1.82, 2.24) is 14.7 Å². The Morgan fingerprint density at radius 2 is 1.67 bits per heavy atom. The molecule has 0 aliphatic carbocycles. The maximum absolute atomic E-state index is 12.8. The van der Waals surface area contributed by atoms with Crippen molar-refractivity contribution in [3.05, 3.63) is 95.1 Å². The minimum absolute atomic E-state index is 0.177. The van der Waals surface area contributed by atoms with Crippen LogP contribution in [-0.2, 0) is 4.74 Å². The molecule has 1 saturated heterocycles. The van der Waals surface area contributed by atoms with Crippen molar-refractivity contribution in [2.45, 2.75) is 19.8 Å². The van der Waals surface area contributed by atoms with Gasteiger partial charge in [0.2, 0.25) is 0 Å². The Hall–Kier alpha value is -3.25. The minimum atomic E-state index is 0.177. The Morgan fingerprint density at radius 1 is 0.944 bits per heavy atom. The molecule has 0 unspecified atom stereocenters. The van der Waals surface area contributed by atoms with E-state index in [0.29, 0.717) is 11.4 Å². The van der Waals surface area contributed by atoms with Crippen molar-refractivity contribution in [3.8, 4) is 28.1 Å². The zero-order valence-electron chi connectivity index (χ0n) is 20.5. The summed E-state index contributed by atoms with van der Waals surface area (Å²) in [6.45, 7) is 6.52. The number of aryl methyl sites for hydroxylation is 1. The van der Waals surface area contributed by atoms with E-state index < -0.39 is 0 Å². The molecule has 0 bridgehead atoms. The lowest BCUT2D eigenvalue weighted by atomic mass is 9.98. The van der Waals surface area contributed by atoms with E-state index >= 15 is 0 Å². The van der Waals surface area contributed by atoms with E-state index in [1.54, 1.807) is 0 Å². The van der Waals surface area contributed by atoms with E-state index in [1.165, 1.54) is 5.56 Å². The van der Waals surface area contributed by atoms with Crippen molar-refractivity contribution in [2.24, 2.45) is 0 Å². The highest BCUT2D eigenvalue weighted by Crippen LogP contribution is 2.36. The SMILES string of the molecule is Cc1ccccc1-c1c(-c2ccc(Cl)cc2)cnn1-c1ccc(C(=O)CCCN2CCOCC2)cc1. The molecule has 0 spiro atoms. The Morgan fingerprint density at radius 3 is 2.39 bits per heavy atom. The molecule has 0 saturated carbocycles. The van der Waals surface area contributed by atoms with Crippen molar-refractivity contribution in [3.63, 3.8) is 0 Å². The number of nitrogens with zero attached hydrogens (tertiary/aromatic N) is 3. The maximum atomic E-state index is 12.8. The second-order valence-electron chi connectivity index (χ2n) is 9.17. The molecule has 1 aromatic heterocycles. The van der Waals surface area contributed by atoms with E-state index in [1.807, 2.05) is 71.5 Å². The van der Waals surface area contributed by atoms with Crippen LogP contribution in [0.15, 0.2) is 79.0 Å². The first-order valence-electron chi connectivity index (χ1n) is 12.4. The number of carbonyl (C=O) groups is 1. The van der Waals surface area contributed by atoms with E-state index in [0.717, 1.165) is 72.9 Å². The van der Waals surface area contributed by atoms with Crippen molar-refractivity contribution < 1.29 is 9.53 Å². The molecular formula is C30H30ClN3O2. The van der Waals surface area contributed by atoms with E-state index in [2.05, 4.69) is 24.0 Å². The van der Waals surface area contributed by atoms with Crippen LogP contribution in [0.2, 0.25) is 5.02 Å². The van der Waals surface area contributed by atoms with Gasteiger partial charge in [0.15, 0.2) is 5.78 Å². The van der Waals surface area contributed by atoms with Gasteiger partial charge in [-0.1, -0.05) is 48.0 Å². The molecule has 0 N–H and O–H groups in total. The van der Waals surface area contributed by atoms with Gasteiger partial charge in [-0.3, -0.25) is 9.69 Å². The first-order valence-corrected chi connectivity index (χ1v) is 12.8. The summed E-state index contributed by atoms with van der Waals surface area (Å²) in [6.07, 6.45) is 3.31. The largest absolute Gasteiger partial charge is 0.379 e. The Kier molecular flexibility index (Phi) is 7.61. The number of ketones is 1.